The van der Waals surface area contributed by atoms with E-state index in [0.29, 0.717) is 16.5 Å². The van der Waals surface area contributed by atoms with Crippen LogP contribution in [0.4, 0.5) is 5.69 Å². The molecule has 0 aliphatic carbocycles. The summed E-state index contributed by atoms with van der Waals surface area (Å²) in [6, 6.07) is 14.1. The van der Waals surface area contributed by atoms with Crippen molar-refractivity contribution in [2.45, 2.75) is 11.8 Å². The van der Waals surface area contributed by atoms with Crippen LogP contribution in [-0.2, 0) is 9.84 Å². The van der Waals surface area contributed by atoms with Crippen molar-refractivity contribution in [2.24, 2.45) is 0 Å². The SMILES string of the molecule is Cc1cccc(NCCS(=O)(=O)c2ccc(Cl)cc2)c1. The first-order valence-corrected chi connectivity index (χ1v) is 8.29. The molecule has 0 saturated carbocycles. The van der Waals surface area contributed by atoms with Gasteiger partial charge in [-0.1, -0.05) is 23.7 Å². The van der Waals surface area contributed by atoms with Crippen molar-refractivity contribution in [3.8, 4) is 0 Å². The molecule has 0 saturated heterocycles. The predicted octanol–water partition coefficient (Wildman–Crippen LogP) is 3.53. The van der Waals surface area contributed by atoms with Crippen molar-refractivity contribution in [2.75, 3.05) is 17.6 Å². The van der Waals surface area contributed by atoms with Gasteiger partial charge in [-0.2, -0.15) is 0 Å². The van der Waals surface area contributed by atoms with Crippen LogP contribution in [-0.4, -0.2) is 20.7 Å². The minimum Gasteiger partial charge on any atom is -0.384 e. The summed E-state index contributed by atoms with van der Waals surface area (Å²) in [6.07, 6.45) is 0. The van der Waals surface area contributed by atoms with Gasteiger partial charge in [-0.05, 0) is 48.9 Å². The van der Waals surface area contributed by atoms with Crippen LogP contribution in [0.15, 0.2) is 53.4 Å². The summed E-state index contributed by atoms with van der Waals surface area (Å²) in [6.45, 7) is 2.37. The molecule has 0 spiro atoms. The topological polar surface area (TPSA) is 46.2 Å². The van der Waals surface area contributed by atoms with Crippen LogP contribution >= 0.6 is 11.6 Å². The summed E-state index contributed by atoms with van der Waals surface area (Å²) < 4.78 is 24.2. The normalized spacial score (nSPS) is 11.3. The van der Waals surface area contributed by atoms with Crippen LogP contribution in [0.5, 0.6) is 0 Å². The molecule has 0 radical (unpaired) electrons. The minimum absolute atomic E-state index is 0.0442. The lowest BCUT2D eigenvalue weighted by atomic mass is 10.2. The maximum atomic E-state index is 12.1. The van der Waals surface area contributed by atoms with Crippen molar-refractivity contribution < 1.29 is 8.42 Å². The molecule has 0 heterocycles. The van der Waals surface area contributed by atoms with E-state index in [1.54, 1.807) is 12.1 Å². The fourth-order valence-electron chi connectivity index (χ4n) is 1.84. The number of hydrogen-bond donors (Lipinski definition) is 1. The Labute approximate surface area is 124 Å². The number of sulfone groups is 1. The zero-order valence-electron chi connectivity index (χ0n) is 11.1. The molecule has 0 amide bonds. The van der Waals surface area contributed by atoms with E-state index in [-0.39, 0.29) is 5.75 Å². The highest BCUT2D eigenvalue weighted by atomic mass is 35.5. The van der Waals surface area contributed by atoms with E-state index in [9.17, 15) is 8.42 Å². The van der Waals surface area contributed by atoms with Gasteiger partial charge in [0.05, 0.1) is 10.6 Å². The van der Waals surface area contributed by atoms with Crippen molar-refractivity contribution in [1.82, 2.24) is 0 Å². The Morgan fingerprint density at radius 1 is 1.10 bits per heavy atom. The third kappa shape index (κ3) is 3.99. The molecular formula is C15H16ClNO2S. The molecule has 1 N–H and O–H groups in total. The Hall–Kier alpha value is -1.52. The molecule has 2 rings (SSSR count). The molecule has 2 aromatic carbocycles. The first kappa shape index (κ1) is 14.9. The average Bonchev–Trinajstić information content (AvgIpc) is 2.39. The second kappa shape index (κ2) is 6.29. The first-order chi connectivity index (χ1) is 9.47. The van der Waals surface area contributed by atoms with Gasteiger partial charge in [-0.3, -0.25) is 0 Å². The van der Waals surface area contributed by atoms with E-state index >= 15 is 0 Å². The summed E-state index contributed by atoms with van der Waals surface area (Å²) in [7, 11) is -3.28. The molecule has 0 fully saturated rings. The van der Waals surface area contributed by atoms with Gasteiger partial charge in [-0.15, -0.1) is 0 Å². The quantitative estimate of drug-likeness (QED) is 0.919. The van der Waals surface area contributed by atoms with Crippen molar-refractivity contribution in [1.29, 1.82) is 0 Å². The van der Waals surface area contributed by atoms with Gasteiger partial charge in [0.25, 0.3) is 0 Å². The molecule has 2 aromatic rings. The highest BCUT2D eigenvalue weighted by Gasteiger charge is 2.13. The predicted molar refractivity (Wildman–Crippen MR) is 83.2 cm³/mol. The van der Waals surface area contributed by atoms with Gasteiger partial charge < -0.3 is 5.32 Å². The van der Waals surface area contributed by atoms with E-state index in [4.69, 9.17) is 11.6 Å². The van der Waals surface area contributed by atoms with E-state index in [1.165, 1.54) is 12.1 Å². The number of benzene rings is 2. The first-order valence-electron chi connectivity index (χ1n) is 6.26. The summed E-state index contributed by atoms with van der Waals surface area (Å²) in [5.41, 5.74) is 2.06. The summed E-state index contributed by atoms with van der Waals surface area (Å²) >= 11 is 5.75. The van der Waals surface area contributed by atoms with Crippen LogP contribution < -0.4 is 5.32 Å². The highest BCUT2D eigenvalue weighted by Crippen LogP contribution is 2.16. The van der Waals surface area contributed by atoms with E-state index in [0.717, 1.165) is 11.3 Å². The lowest BCUT2D eigenvalue weighted by Gasteiger charge is -2.08. The van der Waals surface area contributed by atoms with Gasteiger partial charge in [0.1, 0.15) is 0 Å². The van der Waals surface area contributed by atoms with E-state index in [1.807, 2.05) is 31.2 Å². The zero-order chi connectivity index (χ0) is 14.6. The lowest BCUT2D eigenvalue weighted by Crippen LogP contribution is -2.15. The summed E-state index contributed by atoms with van der Waals surface area (Å²) in [5, 5.41) is 3.65. The van der Waals surface area contributed by atoms with Gasteiger partial charge in [0.2, 0.25) is 0 Å². The van der Waals surface area contributed by atoms with Crippen LogP contribution in [0, 0.1) is 6.92 Å². The van der Waals surface area contributed by atoms with E-state index in [2.05, 4.69) is 5.32 Å². The van der Waals surface area contributed by atoms with Gasteiger partial charge in [0.15, 0.2) is 9.84 Å². The Bertz CT molecular complexity index is 681. The molecule has 0 aromatic heterocycles. The molecule has 0 bridgehead atoms. The fraction of sp³-hybridized carbons (Fsp3) is 0.200. The van der Waals surface area contributed by atoms with Crippen LogP contribution in [0.2, 0.25) is 5.02 Å². The van der Waals surface area contributed by atoms with Crippen molar-refractivity contribution >= 4 is 27.1 Å². The van der Waals surface area contributed by atoms with Crippen LogP contribution in [0.3, 0.4) is 0 Å². The van der Waals surface area contributed by atoms with E-state index < -0.39 is 9.84 Å². The molecule has 5 heteroatoms. The number of anilines is 1. The summed E-state index contributed by atoms with van der Waals surface area (Å²) in [4.78, 5) is 0.299. The number of aryl methyl sites for hydroxylation is 1. The molecule has 0 atom stereocenters. The lowest BCUT2D eigenvalue weighted by molar-refractivity contribution is 0.596. The molecule has 3 nitrogen and oxygen atoms in total. The summed E-state index contributed by atoms with van der Waals surface area (Å²) in [5.74, 6) is 0.0442. The molecule has 20 heavy (non-hydrogen) atoms. The second-order valence-corrected chi connectivity index (χ2v) is 7.11. The third-order valence-electron chi connectivity index (χ3n) is 2.89. The second-order valence-electron chi connectivity index (χ2n) is 4.57. The maximum Gasteiger partial charge on any atom is 0.180 e. The Balaban J connectivity index is 1.98. The number of hydrogen-bond acceptors (Lipinski definition) is 3. The maximum absolute atomic E-state index is 12.1. The third-order valence-corrected chi connectivity index (χ3v) is 4.87. The minimum atomic E-state index is -3.28. The molecule has 0 unspecified atom stereocenters. The van der Waals surface area contributed by atoms with Gasteiger partial charge in [0, 0.05) is 17.3 Å². The average molecular weight is 310 g/mol. The standard InChI is InChI=1S/C15H16ClNO2S/c1-12-3-2-4-14(11-12)17-9-10-20(18,19)15-7-5-13(16)6-8-15/h2-8,11,17H,9-10H2,1H3. The van der Waals surface area contributed by atoms with Crippen molar-refractivity contribution in [3.63, 3.8) is 0 Å². The van der Waals surface area contributed by atoms with Gasteiger partial charge in [-0.25, -0.2) is 8.42 Å². The number of halogens is 1. The largest absolute Gasteiger partial charge is 0.384 e. The van der Waals surface area contributed by atoms with Crippen LogP contribution in [0.25, 0.3) is 0 Å². The molecular weight excluding hydrogens is 294 g/mol. The number of nitrogens with one attached hydrogen (secondary N) is 1. The highest BCUT2D eigenvalue weighted by molar-refractivity contribution is 7.91. The Morgan fingerprint density at radius 2 is 1.80 bits per heavy atom. The molecule has 0 aliphatic heterocycles. The molecule has 0 aliphatic rings. The molecule has 106 valence electrons. The monoisotopic (exact) mass is 309 g/mol. The Kier molecular flexibility index (Phi) is 4.68. The number of rotatable bonds is 5. The fourth-order valence-corrected chi connectivity index (χ4v) is 3.13. The van der Waals surface area contributed by atoms with Gasteiger partial charge >= 0.3 is 0 Å². The zero-order valence-corrected chi connectivity index (χ0v) is 12.7. The Morgan fingerprint density at radius 3 is 2.45 bits per heavy atom. The van der Waals surface area contributed by atoms with Crippen LogP contribution in [0.1, 0.15) is 5.56 Å². The smallest absolute Gasteiger partial charge is 0.180 e. The van der Waals surface area contributed by atoms with Crippen molar-refractivity contribution in [3.05, 3.63) is 59.1 Å².